The molecule has 0 unspecified atom stereocenters. The van der Waals surface area contributed by atoms with Gasteiger partial charge in [-0.1, -0.05) is 32.8 Å². The van der Waals surface area contributed by atoms with Crippen molar-refractivity contribution < 1.29 is 9.13 Å². The lowest BCUT2D eigenvalue weighted by molar-refractivity contribution is 0.221. The van der Waals surface area contributed by atoms with E-state index in [2.05, 4.69) is 13.8 Å². The van der Waals surface area contributed by atoms with Gasteiger partial charge in [-0.05, 0) is 55.8 Å². The van der Waals surface area contributed by atoms with Crippen LogP contribution in [0.5, 0.6) is 5.75 Å². The molecule has 20 heavy (non-hydrogen) atoms. The quantitative estimate of drug-likeness (QED) is 0.693. The minimum absolute atomic E-state index is 0.270. The Balaban J connectivity index is 2.60. The van der Waals surface area contributed by atoms with Gasteiger partial charge in [0.05, 0.1) is 6.61 Å². The largest absolute Gasteiger partial charge is 0.490 e. The molecule has 0 heterocycles. The standard InChI is InChI=1S/C17H28FNO/c1-3-6-15(7-4-2)13-20-17-12-14(8-5-11-19)9-10-16(17)18/h9-10,12,15H,3-8,11,13,19H2,1-2H3. The maximum absolute atomic E-state index is 13.8. The maximum Gasteiger partial charge on any atom is 0.165 e. The lowest BCUT2D eigenvalue weighted by Crippen LogP contribution is -2.12. The highest BCUT2D eigenvalue weighted by Crippen LogP contribution is 2.22. The van der Waals surface area contributed by atoms with E-state index in [1.165, 1.54) is 6.07 Å². The summed E-state index contributed by atoms with van der Waals surface area (Å²) in [5, 5.41) is 0. The monoisotopic (exact) mass is 281 g/mol. The molecular formula is C17H28FNO. The summed E-state index contributed by atoms with van der Waals surface area (Å²) < 4.78 is 19.5. The van der Waals surface area contributed by atoms with E-state index in [9.17, 15) is 4.39 Å². The number of ether oxygens (including phenoxy) is 1. The fourth-order valence-electron chi connectivity index (χ4n) is 2.46. The Morgan fingerprint density at radius 3 is 2.50 bits per heavy atom. The molecule has 0 amide bonds. The first-order chi connectivity index (χ1) is 9.71. The number of halogens is 1. The Morgan fingerprint density at radius 1 is 1.20 bits per heavy atom. The molecule has 3 heteroatoms. The van der Waals surface area contributed by atoms with E-state index in [1.807, 2.05) is 12.1 Å². The van der Waals surface area contributed by atoms with Crippen LogP contribution in [0.1, 0.15) is 51.5 Å². The molecule has 1 aromatic carbocycles. The summed E-state index contributed by atoms with van der Waals surface area (Å²) in [6.45, 7) is 5.62. The molecule has 0 aliphatic heterocycles. The predicted molar refractivity (Wildman–Crippen MR) is 82.6 cm³/mol. The molecule has 0 spiro atoms. The Morgan fingerprint density at radius 2 is 1.90 bits per heavy atom. The summed E-state index contributed by atoms with van der Waals surface area (Å²) >= 11 is 0. The molecule has 2 nitrogen and oxygen atoms in total. The van der Waals surface area contributed by atoms with Gasteiger partial charge in [0.2, 0.25) is 0 Å². The first-order valence-electron chi connectivity index (χ1n) is 7.82. The SMILES string of the molecule is CCCC(CCC)COc1cc(CCCN)ccc1F. The van der Waals surface area contributed by atoms with E-state index < -0.39 is 0 Å². The summed E-state index contributed by atoms with van der Waals surface area (Å²) in [6, 6.07) is 5.13. The Kier molecular flexibility index (Phi) is 8.28. The van der Waals surface area contributed by atoms with Gasteiger partial charge in [0, 0.05) is 0 Å². The Bertz CT molecular complexity index is 375. The van der Waals surface area contributed by atoms with Gasteiger partial charge in [-0.2, -0.15) is 0 Å². The maximum atomic E-state index is 13.8. The third-order valence-corrected chi connectivity index (χ3v) is 3.53. The number of hydrogen-bond donors (Lipinski definition) is 1. The van der Waals surface area contributed by atoms with Crippen LogP contribution in [0, 0.1) is 11.7 Å². The van der Waals surface area contributed by atoms with Crippen LogP contribution in [0.3, 0.4) is 0 Å². The third kappa shape index (κ3) is 5.91. The number of rotatable bonds is 10. The summed E-state index contributed by atoms with van der Waals surface area (Å²) in [6.07, 6.45) is 6.37. The molecule has 0 saturated heterocycles. The lowest BCUT2D eigenvalue weighted by Gasteiger charge is -2.17. The number of benzene rings is 1. The van der Waals surface area contributed by atoms with Crippen LogP contribution in [-0.4, -0.2) is 13.2 Å². The van der Waals surface area contributed by atoms with Gasteiger partial charge >= 0.3 is 0 Å². The van der Waals surface area contributed by atoms with Gasteiger partial charge < -0.3 is 10.5 Å². The van der Waals surface area contributed by atoms with Gasteiger partial charge in [0.1, 0.15) is 0 Å². The molecule has 0 atom stereocenters. The zero-order valence-corrected chi connectivity index (χ0v) is 12.8. The fourth-order valence-corrected chi connectivity index (χ4v) is 2.46. The molecule has 0 aliphatic carbocycles. The van der Waals surface area contributed by atoms with E-state index in [4.69, 9.17) is 10.5 Å². The second kappa shape index (κ2) is 9.76. The van der Waals surface area contributed by atoms with Crippen LogP contribution in [-0.2, 0) is 6.42 Å². The van der Waals surface area contributed by atoms with Gasteiger partial charge in [-0.15, -0.1) is 0 Å². The second-order valence-corrected chi connectivity index (χ2v) is 5.41. The highest BCUT2D eigenvalue weighted by atomic mass is 19.1. The zero-order valence-electron chi connectivity index (χ0n) is 12.8. The summed E-state index contributed by atoms with van der Waals surface area (Å²) in [5.41, 5.74) is 6.60. The molecule has 0 saturated carbocycles. The Hall–Kier alpha value is -1.09. The minimum atomic E-state index is -0.270. The smallest absolute Gasteiger partial charge is 0.165 e. The molecular weight excluding hydrogens is 253 g/mol. The van der Waals surface area contributed by atoms with E-state index in [1.54, 1.807) is 0 Å². The average Bonchev–Trinajstić information content (AvgIpc) is 2.45. The van der Waals surface area contributed by atoms with Crippen molar-refractivity contribution in [1.29, 1.82) is 0 Å². The van der Waals surface area contributed by atoms with Crippen LogP contribution in [0.15, 0.2) is 18.2 Å². The second-order valence-electron chi connectivity index (χ2n) is 5.41. The number of nitrogens with two attached hydrogens (primary N) is 1. The van der Waals surface area contributed by atoms with Gasteiger partial charge in [0.15, 0.2) is 11.6 Å². The van der Waals surface area contributed by atoms with Crippen LogP contribution in [0.2, 0.25) is 0 Å². The third-order valence-electron chi connectivity index (χ3n) is 3.53. The number of aryl methyl sites for hydroxylation is 1. The van der Waals surface area contributed by atoms with Crippen LogP contribution >= 0.6 is 0 Å². The normalized spacial score (nSPS) is 11.1. The average molecular weight is 281 g/mol. The minimum Gasteiger partial charge on any atom is -0.490 e. The van der Waals surface area contributed by atoms with Crippen molar-refractivity contribution in [2.75, 3.05) is 13.2 Å². The summed E-state index contributed by atoms with van der Waals surface area (Å²) in [5.74, 6) is 0.641. The highest BCUT2D eigenvalue weighted by Gasteiger charge is 2.10. The number of hydrogen-bond acceptors (Lipinski definition) is 2. The molecule has 0 fully saturated rings. The lowest BCUT2D eigenvalue weighted by atomic mass is 9.99. The van der Waals surface area contributed by atoms with Crippen molar-refractivity contribution in [2.24, 2.45) is 11.7 Å². The molecule has 1 aromatic rings. The van der Waals surface area contributed by atoms with E-state index in [0.29, 0.717) is 24.8 Å². The van der Waals surface area contributed by atoms with Gasteiger partial charge in [-0.3, -0.25) is 0 Å². The molecule has 2 N–H and O–H groups in total. The molecule has 114 valence electrons. The van der Waals surface area contributed by atoms with E-state index in [0.717, 1.165) is 44.1 Å². The summed E-state index contributed by atoms with van der Waals surface area (Å²) in [7, 11) is 0. The van der Waals surface area contributed by atoms with Crippen molar-refractivity contribution in [2.45, 2.75) is 52.4 Å². The van der Waals surface area contributed by atoms with Gasteiger partial charge in [-0.25, -0.2) is 4.39 Å². The topological polar surface area (TPSA) is 35.2 Å². The van der Waals surface area contributed by atoms with Crippen LogP contribution in [0.4, 0.5) is 4.39 Å². The van der Waals surface area contributed by atoms with Crippen molar-refractivity contribution in [1.82, 2.24) is 0 Å². The van der Waals surface area contributed by atoms with Crippen LogP contribution < -0.4 is 10.5 Å². The first kappa shape index (κ1) is 17.0. The summed E-state index contributed by atoms with van der Waals surface area (Å²) in [4.78, 5) is 0. The fraction of sp³-hybridized carbons (Fsp3) is 0.647. The molecule has 1 rings (SSSR count). The molecule has 0 aliphatic rings. The Labute approximate surface area is 122 Å². The van der Waals surface area contributed by atoms with E-state index >= 15 is 0 Å². The van der Waals surface area contributed by atoms with Gasteiger partial charge in [0.25, 0.3) is 0 Å². The highest BCUT2D eigenvalue weighted by molar-refractivity contribution is 5.30. The zero-order chi connectivity index (χ0) is 14.8. The van der Waals surface area contributed by atoms with Crippen LogP contribution in [0.25, 0.3) is 0 Å². The van der Waals surface area contributed by atoms with Crippen molar-refractivity contribution >= 4 is 0 Å². The molecule has 0 bridgehead atoms. The first-order valence-corrected chi connectivity index (χ1v) is 7.82. The predicted octanol–water partition coefficient (Wildman–Crippen LogP) is 4.31. The molecule has 0 aromatic heterocycles. The van der Waals surface area contributed by atoms with E-state index in [-0.39, 0.29) is 5.82 Å². The molecule has 0 radical (unpaired) electrons. The van der Waals surface area contributed by atoms with Crippen molar-refractivity contribution in [3.8, 4) is 5.75 Å². The van der Waals surface area contributed by atoms with Crippen molar-refractivity contribution in [3.05, 3.63) is 29.6 Å². The van der Waals surface area contributed by atoms with Crippen molar-refractivity contribution in [3.63, 3.8) is 0 Å².